The molecule has 21 heavy (non-hydrogen) atoms. The van der Waals surface area contributed by atoms with Crippen molar-refractivity contribution < 1.29 is 21.8 Å². The molecule has 2 rings (SSSR count). The Balaban J connectivity index is 1.97. The van der Waals surface area contributed by atoms with Crippen LogP contribution < -0.4 is 5.32 Å². The first-order chi connectivity index (χ1) is 9.95. The molecular weight excluding hydrogens is 299 g/mol. The van der Waals surface area contributed by atoms with Crippen LogP contribution in [0.2, 0.25) is 0 Å². The van der Waals surface area contributed by atoms with Crippen molar-refractivity contribution in [2.24, 2.45) is 0 Å². The van der Waals surface area contributed by atoms with Crippen LogP contribution in [0.4, 0.5) is 14.4 Å². The number of halogens is 1. The van der Waals surface area contributed by atoms with Crippen molar-refractivity contribution in [1.29, 1.82) is 0 Å². The number of hydrogen-bond acceptors (Lipinski definition) is 5. The van der Waals surface area contributed by atoms with Crippen LogP contribution >= 0.6 is 0 Å². The van der Waals surface area contributed by atoms with Crippen LogP contribution in [0.5, 0.6) is 0 Å². The largest absolute Gasteiger partial charge is 0.444 e. The highest BCUT2D eigenvalue weighted by atomic mass is 32.3. The smallest absolute Gasteiger partial charge is 0.411 e. The summed E-state index contributed by atoms with van der Waals surface area (Å²) in [5.74, 6) is 0. The zero-order valence-corrected chi connectivity index (χ0v) is 11.5. The van der Waals surface area contributed by atoms with Crippen molar-refractivity contribution >= 4 is 22.0 Å². The summed E-state index contributed by atoms with van der Waals surface area (Å²) < 4.78 is 39.1. The summed E-state index contributed by atoms with van der Waals surface area (Å²) in [6.07, 6.45) is 0.284. The molecule has 0 bridgehead atoms. The minimum Gasteiger partial charge on any atom is -0.444 e. The summed E-state index contributed by atoms with van der Waals surface area (Å²) in [4.78, 5) is 14.9. The van der Waals surface area contributed by atoms with Crippen molar-refractivity contribution in [2.45, 2.75) is 11.6 Å². The van der Waals surface area contributed by atoms with E-state index in [2.05, 4.69) is 10.3 Å². The Morgan fingerprint density at radius 3 is 2.62 bits per heavy atom. The summed E-state index contributed by atoms with van der Waals surface area (Å²) in [5.41, 5.74) is 0.869. The van der Waals surface area contributed by atoms with E-state index in [-0.39, 0.29) is 12.3 Å². The fourth-order valence-electron chi connectivity index (χ4n) is 1.50. The fourth-order valence-corrected chi connectivity index (χ4v) is 1.95. The number of rotatable bonds is 4. The Bertz CT molecular complexity index is 735. The molecule has 1 N–H and O–H groups in total. The number of amides is 1. The normalized spacial score (nSPS) is 10.9. The van der Waals surface area contributed by atoms with E-state index in [0.29, 0.717) is 0 Å². The number of ether oxygens (including phenoxy) is 1. The van der Waals surface area contributed by atoms with E-state index in [4.69, 9.17) is 4.74 Å². The predicted molar refractivity (Wildman–Crippen MR) is 72.8 cm³/mol. The average molecular weight is 310 g/mol. The molecule has 2 aromatic rings. The lowest BCUT2D eigenvalue weighted by Gasteiger charge is -2.07. The van der Waals surface area contributed by atoms with Crippen LogP contribution in [-0.4, -0.2) is 19.5 Å². The number of nitrogens with one attached hydrogen (secondary N) is 1. The van der Waals surface area contributed by atoms with Gasteiger partial charge in [0.25, 0.3) is 0 Å². The van der Waals surface area contributed by atoms with Crippen molar-refractivity contribution in [2.75, 3.05) is 5.32 Å². The van der Waals surface area contributed by atoms with E-state index < -0.39 is 21.3 Å². The quantitative estimate of drug-likeness (QED) is 0.877. The maximum Gasteiger partial charge on any atom is 0.411 e. The summed E-state index contributed by atoms with van der Waals surface area (Å²) in [5, 5.41) is 1.52. The van der Waals surface area contributed by atoms with Gasteiger partial charge in [-0.1, -0.05) is 34.2 Å². The second kappa shape index (κ2) is 6.31. The lowest BCUT2D eigenvalue weighted by atomic mass is 10.2. The molecule has 0 aliphatic heterocycles. The van der Waals surface area contributed by atoms with Gasteiger partial charge in [-0.25, -0.2) is 9.78 Å². The molecular formula is C13H11FN2O4S. The average Bonchev–Trinajstić information content (AvgIpc) is 2.46. The van der Waals surface area contributed by atoms with Crippen molar-refractivity contribution in [3.8, 4) is 0 Å². The van der Waals surface area contributed by atoms with Crippen molar-refractivity contribution in [3.63, 3.8) is 0 Å². The van der Waals surface area contributed by atoms with Crippen LogP contribution in [0.1, 0.15) is 5.56 Å². The molecule has 0 aliphatic carbocycles. The highest BCUT2D eigenvalue weighted by Crippen LogP contribution is 2.14. The van der Waals surface area contributed by atoms with Gasteiger partial charge in [-0.15, -0.1) is 0 Å². The van der Waals surface area contributed by atoms with Gasteiger partial charge in [0.2, 0.25) is 0 Å². The SMILES string of the molecule is O=C(Nc1ccnc(S(=O)(=O)F)c1)OCc1ccccc1. The second-order valence-electron chi connectivity index (χ2n) is 4.01. The van der Waals surface area contributed by atoms with Crippen LogP contribution in [0.25, 0.3) is 0 Å². The Hall–Kier alpha value is -2.48. The maximum absolute atomic E-state index is 12.8. The highest BCUT2D eigenvalue weighted by molar-refractivity contribution is 7.86. The van der Waals surface area contributed by atoms with Crippen molar-refractivity contribution in [1.82, 2.24) is 4.98 Å². The third-order valence-electron chi connectivity index (χ3n) is 2.44. The molecule has 0 unspecified atom stereocenters. The number of pyridine rings is 1. The van der Waals surface area contributed by atoms with Gasteiger partial charge in [0.1, 0.15) is 6.61 Å². The zero-order valence-electron chi connectivity index (χ0n) is 10.7. The number of hydrogen-bond donors (Lipinski definition) is 1. The topological polar surface area (TPSA) is 85.4 Å². The van der Waals surface area contributed by atoms with E-state index in [0.717, 1.165) is 17.8 Å². The summed E-state index contributed by atoms with van der Waals surface area (Å²) in [6.45, 7) is 0.0615. The molecule has 0 atom stereocenters. The molecule has 0 spiro atoms. The van der Waals surface area contributed by atoms with Crippen molar-refractivity contribution in [3.05, 3.63) is 54.2 Å². The van der Waals surface area contributed by atoms with Gasteiger partial charge in [-0.05, 0) is 11.6 Å². The van der Waals surface area contributed by atoms with Gasteiger partial charge in [-0.3, -0.25) is 5.32 Å². The van der Waals surface area contributed by atoms with Gasteiger partial charge < -0.3 is 4.74 Å². The first kappa shape index (κ1) is 14.9. The first-order valence-electron chi connectivity index (χ1n) is 5.83. The van der Waals surface area contributed by atoms with Crippen LogP contribution in [0.15, 0.2) is 53.7 Å². The second-order valence-corrected chi connectivity index (χ2v) is 5.30. The molecule has 8 heteroatoms. The van der Waals surface area contributed by atoms with Gasteiger partial charge in [0.05, 0.1) is 0 Å². The Kier molecular flexibility index (Phi) is 4.49. The molecule has 0 saturated carbocycles. The number of benzene rings is 1. The molecule has 0 radical (unpaired) electrons. The summed E-state index contributed by atoms with van der Waals surface area (Å²) in [7, 11) is -4.92. The number of aromatic nitrogens is 1. The minimum atomic E-state index is -4.92. The lowest BCUT2D eigenvalue weighted by Crippen LogP contribution is -2.14. The lowest BCUT2D eigenvalue weighted by molar-refractivity contribution is 0.155. The monoisotopic (exact) mass is 310 g/mol. The molecule has 0 fully saturated rings. The maximum atomic E-state index is 12.8. The van der Waals surface area contributed by atoms with E-state index in [9.17, 15) is 17.1 Å². The third kappa shape index (κ3) is 4.53. The number of carbonyl (C=O) groups excluding carboxylic acids is 1. The van der Waals surface area contributed by atoms with E-state index >= 15 is 0 Å². The molecule has 110 valence electrons. The standard InChI is InChI=1S/C13H11FN2O4S/c14-21(18,19)12-8-11(6-7-15-12)16-13(17)20-9-10-4-2-1-3-5-10/h1-8H,9H2,(H,15,16,17). The Morgan fingerprint density at radius 1 is 1.24 bits per heavy atom. The molecule has 0 aliphatic rings. The van der Waals surface area contributed by atoms with Gasteiger partial charge >= 0.3 is 16.3 Å². The molecule has 1 heterocycles. The molecule has 6 nitrogen and oxygen atoms in total. The zero-order chi connectivity index (χ0) is 15.3. The Morgan fingerprint density at radius 2 is 1.95 bits per heavy atom. The van der Waals surface area contributed by atoms with Gasteiger partial charge in [-0.2, -0.15) is 8.42 Å². The van der Waals surface area contributed by atoms with E-state index in [1.54, 1.807) is 24.3 Å². The molecule has 1 aromatic heterocycles. The number of anilines is 1. The third-order valence-corrected chi connectivity index (χ3v) is 3.17. The highest BCUT2D eigenvalue weighted by Gasteiger charge is 2.14. The first-order valence-corrected chi connectivity index (χ1v) is 7.22. The van der Waals surface area contributed by atoms with Crippen LogP contribution in [0.3, 0.4) is 0 Å². The molecule has 0 saturated heterocycles. The van der Waals surface area contributed by atoms with E-state index in [1.165, 1.54) is 6.07 Å². The van der Waals surface area contributed by atoms with Gasteiger partial charge in [0, 0.05) is 18.0 Å². The number of nitrogens with zero attached hydrogens (tertiary/aromatic N) is 1. The summed E-state index contributed by atoms with van der Waals surface area (Å²) >= 11 is 0. The molecule has 1 aromatic carbocycles. The number of carbonyl (C=O) groups is 1. The van der Waals surface area contributed by atoms with E-state index in [1.807, 2.05) is 6.07 Å². The van der Waals surface area contributed by atoms with Gasteiger partial charge in [0.15, 0.2) is 5.03 Å². The van der Waals surface area contributed by atoms with Crippen LogP contribution in [-0.2, 0) is 21.6 Å². The summed E-state index contributed by atoms with van der Waals surface area (Å²) in [6, 6.07) is 11.2. The predicted octanol–water partition coefficient (Wildman–Crippen LogP) is 2.49. The minimum absolute atomic E-state index is 0.0615. The Labute approximate surface area is 120 Å². The van der Waals surface area contributed by atoms with Crippen LogP contribution in [0, 0.1) is 0 Å². The fraction of sp³-hybridized carbons (Fsp3) is 0.0769. The molecule has 1 amide bonds.